The van der Waals surface area contributed by atoms with Gasteiger partial charge >= 0.3 is 6.09 Å². The Kier molecular flexibility index (Phi) is 13.8. The second kappa shape index (κ2) is 16.2. The molecule has 0 unspecified atom stereocenters. The highest BCUT2D eigenvalue weighted by molar-refractivity contribution is 5.76. The van der Waals surface area contributed by atoms with Gasteiger partial charge in [-0.2, -0.15) is 0 Å². The van der Waals surface area contributed by atoms with Crippen LogP contribution in [0, 0.1) is 5.92 Å². The van der Waals surface area contributed by atoms with Gasteiger partial charge in [0.15, 0.2) is 11.5 Å². The number of methoxy groups -OCH3 is 1. The molecule has 4 N–H and O–H groups in total. The van der Waals surface area contributed by atoms with Gasteiger partial charge in [-0.05, 0) is 42.9 Å². The molecule has 0 aliphatic heterocycles. The Balaban J connectivity index is 2.38. The maximum Gasteiger partial charge on any atom is 0.412 e. The molecule has 0 atom stereocenters. The van der Waals surface area contributed by atoms with E-state index in [1.54, 1.807) is 18.2 Å². The van der Waals surface area contributed by atoms with Crippen molar-refractivity contribution in [3.05, 3.63) is 35.9 Å². The first-order chi connectivity index (χ1) is 15.0. The summed E-state index contributed by atoms with van der Waals surface area (Å²) in [7, 11) is 1.50. The van der Waals surface area contributed by atoms with Crippen LogP contribution in [0.4, 0.5) is 4.79 Å². The van der Waals surface area contributed by atoms with Crippen LogP contribution in [-0.4, -0.2) is 45.4 Å². The van der Waals surface area contributed by atoms with Crippen LogP contribution >= 0.6 is 0 Å². The number of carbonyl (C=O) groups is 2. The predicted octanol–water partition coefficient (Wildman–Crippen LogP) is 3.15. The van der Waals surface area contributed by atoms with Gasteiger partial charge in [-0.1, -0.05) is 32.1 Å². The van der Waals surface area contributed by atoms with E-state index in [0.717, 1.165) is 24.8 Å². The van der Waals surface area contributed by atoms with Crippen molar-refractivity contribution < 1.29 is 23.8 Å². The lowest BCUT2D eigenvalue weighted by Crippen LogP contribution is -2.30. The van der Waals surface area contributed by atoms with Gasteiger partial charge < -0.3 is 30.6 Å². The molecule has 0 heterocycles. The Morgan fingerprint density at radius 1 is 1.13 bits per heavy atom. The summed E-state index contributed by atoms with van der Waals surface area (Å²) >= 11 is 0. The average molecular weight is 436 g/mol. The lowest BCUT2D eigenvalue weighted by molar-refractivity contribution is -0.121. The minimum absolute atomic E-state index is 0.0170. The Hall–Kier alpha value is -2.58. The van der Waals surface area contributed by atoms with Crippen LogP contribution in [0.1, 0.15) is 45.1 Å². The van der Waals surface area contributed by atoms with E-state index in [1.807, 2.05) is 0 Å². The summed E-state index contributed by atoms with van der Waals surface area (Å²) in [6.07, 6.45) is 7.12. The highest BCUT2D eigenvalue weighted by Crippen LogP contribution is 2.28. The van der Waals surface area contributed by atoms with Crippen molar-refractivity contribution in [3.63, 3.8) is 0 Å². The number of rotatable bonds is 15. The molecule has 0 aliphatic carbocycles. The third-order valence-corrected chi connectivity index (χ3v) is 4.24. The van der Waals surface area contributed by atoms with E-state index in [0.29, 0.717) is 56.7 Å². The maximum absolute atomic E-state index is 12.0. The number of carbonyl (C=O) groups excluding carboxylic acids is 2. The lowest BCUT2D eigenvalue weighted by atomic mass is 10.1. The van der Waals surface area contributed by atoms with E-state index in [-0.39, 0.29) is 5.91 Å². The molecule has 0 saturated carbocycles. The smallest absolute Gasteiger partial charge is 0.412 e. The van der Waals surface area contributed by atoms with Crippen molar-refractivity contribution in [2.75, 3.05) is 33.4 Å². The lowest BCUT2D eigenvalue weighted by Gasteiger charge is -2.12. The normalized spacial score (nSPS) is 11.0. The average Bonchev–Trinajstić information content (AvgIpc) is 2.75. The summed E-state index contributed by atoms with van der Waals surface area (Å²) in [6, 6.07) is 5.17. The first-order valence-electron chi connectivity index (χ1n) is 10.8. The van der Waals surface area contributed by atoms with E-state index >= 15 is 0 Å². The van der Waals surface area contributed by atoms with Gasteiger partial charge in [-0.15, -0.1) is 0 Å². The summed E-state index contributed by atoms with van der Waals surface area (Å²) in [5.74, 6) is 1.29. The molecule has 0 fully saturated rings. The first kappa shape index (κ1) is 26.5. The SMILES string of the molecule is COc1cc(CNC(=O)CCCC/C=C/C(C)C)ccc1OC(=O)NCCOCCN. The van der Waals surface area contributed by atoms with Crippen LogP contribution in [0.2, 0.25) is 0 Å². The van der Waals surface area contributed by atoms with E-state index in [2.05, 4.69) is 36.6 Å². The number of benzene rings is 1. The second-order valence-electron chi connectivity index (χ2n) is 7.40. The zero-order chi connectivity index (χ0) is 22.9. The van der Waals surface area contributed by atoms with Crippen molar-refractivity contribution >= 4 is 12.0 Å². The zero-order valence-corrected chi connectivity index (χ0v) is 18.9. The third kappa shape index (κ3) is 12.7. The van der Waals surface area contributed by atoms with E-state index in [1.165, 1.54) is 7.11 Å². The van der Waals surface area contributed by atoms with Crippen LogP contribution in [0.5, 0.6) is 11.5 Å². The van der Waals surface area contributed by atoms with E-state index < -0.39 is 6.09 Å². The van der Waals surface area contributed by atoms with Gasteiger partial charge in [0.2, 0.25) is 5.91 Å². The molecule has 0 spiro atoms. The summed E-state index contributed by atoms with van der Waals surface area (Å²) < 4.78 is 15.8. The molecule has 8 heteroatoms. The van der Waals surface area contributed by atoms with Gasteiger partial charge in [0, 0.05) is 26.1 Å². The molecule has 31 heavy (non-hydrogen) atoms. The molecule has 1 aromatic carbocycles. The number of unbranched alkanes of at least 4 members (excludes halogenated alkanes) is 2. The molecule has 0 radical (unpaired) electrons. The summed E-state index contributed by atoms with van der Waals surface area (Å²) in [6.45, 7) is 6.23. The molecule has 2 amide bonds. The van der Waals surface area contributed by atoms with Crippen LogP contribution in [0.25, 0.3) is 0 Å². The fourth-order valence-electron chi connectivity index (χ4n) is 2.66. The third-order valence-electron chi connectivity index (χ3n) is 4.24. The number of allylic oxidation sites excluding steroid dienone is 2. The molecule has 174 valence electrons. The molecule has 8 nitrogen and oxygen atoms in total. The monoisotopic (exact) mass is 435 g/mol. The van der Waals surface area contributed by atoms with Crippen molar-refractivity contribution in [3.8, 4) is 11.5 Å². The summed E-state index contributed by atoms with van der Waals surface area (Å²) in [5.41, 5.74) is 6.18. The number of amides is 2. The highest BCUT2D eigenvalue weighted by atomic mass is 16.6. The highest BCUT2D eigenvalue weighted by Gasteiger charge is 2.11. The first-order valence-corrected chi connectivity index (χ1v) is 10.8. The predicted molar refractivity (Wildman–Crippen MR) is 121 cm³/mol. The van der Waals surface area contributed by atoms with Crippen LogP contribution in [-0.2, 0) is 16.1 Å². The fourth-order valence-corrected chi connectivity index (χ4v) is 2.66. The minimum atomic E-state index is -0.598. The van der Waals surface area contributed by atoms with Gasteiger partial charge in [0.25, 0.3) is 0 Å². The Morgan fingerprint density at radius 3 is 2.65 bits per heavy atom. The van der Waals surface area contributed by atoms with Crippen molar-refractivity contribution in [1.82, 2.24) is 10.6 Å². The largest absolute Gasteiger partial charge is 0.493 e. The van der Waals surface area contributed by atoms with E-state index in [4.69, 9.17) is 19.9 Å². The molecule has 0 aliphatic rings. The quantitative estimate of drug-likeness (QED) is 0.288. The molecule has 1 rings (SSSR count). The van der Waals surface area contributed by atoms with Gasteiger partial charge in [-0.25, -0.2) is 4.79 Å². The number of hydrogen-bond acceptors (Lipinski definition) is 6. The Morgan fingerprint density at radius 2 is 1.94 bits per heavy atom. The van der Waals surface area contributed by atoms with Gasteiger partial charge in [0.05, 0.1) is 20.3 Å². The second-order valence-corrected chi connectivity index (χ2v) is 7.40. The number of nitrogens with one attached hydrogen (secondary N) is 2. The molecule has 0 saturated heterocycles. The Labute approximate surface area is 185 Å². The van der Waals surface area contributed by atoms with Gasteiger partial charge in [0.1, 0.15) is 0 Å². The Bertz CT molecular complexity index is 692. The van der Waals surface area contributed by atoms with Crippen LogP contribution in [0.15, 0.2) is 30.4 Å². The molecular weight excluding hydrogens is 398 g/mol. The fraction of sp³-hybridized carbons (Fsp3) is 0.565. The number of ether oxygens (including phenoxy) is 3. The maximum atomic E-state index is 12.0. The van der Waals surface area contributed by atoms with Crippen molar-refractivity contribution in [1.29, 1.82) is 0 Å². The van der Waals surface area contributed by atoms with Gasteiger partial charge in [-0.3, -0.25) is 4.79 Å². The zero-order valence-electron chi connectivity index (χ0n) is 18.9. The minimum Gasteiger partial charge on any atom is -0.493 e. The van der Waals surface area contributed by atoms with Crippen molar-refractivity contribution in [2.45, 2.75) is 46.1 Å². The van der Waals surface area contributed by atoms with Crippen LogP contribution < -0.4 is 25.8 Å². The summed E-state index contributed by atoms with van der Waals surface area (Å²) in [5, 5.41) is 5.50. The molecular formula is C23H37N3O5. The number of hydrogen-bond donors (Lipinski definition) is 3. The van der Waals surface area contributed by atoms with E-state index in [9.17, 15) is 9.59 Å². The molecule has 0 bridgehead atoms. The standard InChI is InChI=1S/C23H37N3O5/c1-18(2)8-6-4-5-7-9-22(27)26-17-19-10-11-20(21(16-19)29-3)31-23(28)25-13-15-30-14-12-24/h6,8,10-11,16,18H,4-5,7,9,12-15,17,24H2,1-3H3,(H,25,28)(H,26,27)/b8-6+. The molecule has 0 aromatic heterocycles. The van der Waals surface area contributed by atoms with Crippen molar-refractivity contribution in [2.24, 2.45) is 11.7 Å². The summed E-state index contributed by atoms with van der Waals surface area (Å²) in [4.78, 5) is 23.9. The number of nitrogens with two attached hydrogens (primary N) is 1. The van der Waals surface area contributed by atoms with Crippen LogP contribution in [0.3, 0.4) is 0 Å². The molecule has 1 aromatic rings. The topological polar surface area (TPSA) is 112 Å².